The average Bonchev–Trinajstić information content (AvgIpc) is 2.80. The summed E-state index contributed by atoms with van der Waals surface area (Å²) < 4.78 is 24.3. The van der Waals surface area contributed by atoms with Crippen LogP contribution in [0, 0.1) is 0 Å². The van der Waals surface area contributed by atoms with Gasteiger partial charge in [0.05, 0.1) is 27.6 Å². The molecule has 0 spiro atoms. The van der Waals surface area contributed by atoms with E-state index in [0.29, 0.717) is 17.4 Å². The summed E-state index contributed by atoms with van der Waals surface area (Å²) in [4.78, 5) is 22.9. The van der Waals surface area contributed by atoms with Crippen LogP contribution >= 0.6 is 7.60 Å². The van der Waals surface area contributed by atoms with E-state index < -0.39 is 19.7 Å². The second-order valence-electron chi connectivity index (χ2n) is 11.2. The zero-order valence-corrected chi connectivity index (χ0v) is 24.4. The van der Waals surface area contributed by atoms with Crippen LogP contribution in [0.4, 0.5) is 0 Å². The van der Waals surface area contributed by atoms with E-state index in [0.717, 1.165) is 18.4 Å². The van der Waals surface area contributed by atoms with Gasteiger partial charge in [-0.1, -0.05) is 114 Å². The van der Waals surface area contributed by atoms with Crippen molar-refractivity contribution in [1.82, 2.24) is 0 Å². The Hall–Kier alpha value is -1.20. The van der Waals surface area contributed by atoms with Crippen molar-refractivity contribution in [2.45, 2.75) is 110 Å². The van der Waals surface area contributed by atoms with Gasteiger partial charge in [-0.15, -0.1) is 0 Å². The molecular weight excluding hydrogens is 473 g/mol. The number of hydrogen-bond donors (Lipinski definition) is 1. The van der Waals surface area contributed by atoms with Crippen molar-refractivity contribution >= 4 is 13.6 Å². The average molecular weight is 527 g/mol. The van der Waals surface area contributed by atoms with Gasteiger partial charge in [0.2, 0.25) is 0 Å². The van der Waals surface area contributed by atoms with E-state index in [4.69, 9.17) is 9.26 Å². The number of quaternary nitrogens is 1. The highest BCUT2D eigenvalue weighted by molar-refractivity contribution is 7.52. The monoisotopic (exact) mass is 526 g/mol. The molecule has 208 valence electrons. The lowest BCUT2D eigenvalue weighted by molar-refractivity contribution is -0.873. The molecule has 1 unspecified atom stereocenters. The number of esters is 1. The van der Waals surface area contributed by atoms with Crippen LogP contribution in [0.2, 0.25) is 0 Å². The van der Waals surface area contributed by atoms with Gasteiger partial charge in [0, 0.05) is 6.16 Å². The quantitative estimate of drug-likeness (QED) is 0.0733. The topological polar surface area (TPSA) is 72.8 Å². The molecule has 0 saturated carbocycles. The number of carbonyl (C=O) groups is 1. The van der Waals surface area contributed by atoms with E-state index in [1.54, 1.807) is 0 Å². The zero-order chi connectivity index (χ0) is 26.7. The lowest BCUT2D eigenvalue weighted by Crippen LogP contribution is -2.43. The van der Waals surface area contributed by atoms with Gasteiger partial charge >= 0.3 is 13.6 Å². The molecule has 7 heteroatoms. The molecule has 0 heterocycles. The summed E-state index contributed by atoms with van der Waals surface area (Å²) in [7, 11) is 2.15. The molecule has 1 aromatic carbocycles. The van der Waals surface area contributed by atoms with Crippen LogP contribution in [0.3, 0.4) is 0 Å². The van der Waals surface area contributed by atoms with Gasteiger partial charge in [-0.05, 0) is 12.0 Å². The van der Waals surface area contributed by atoms with Crippen LogP contribution in [0.5, 0.6) is 0 Å². The normalized spacial score (nSPS) is 14.4. The summed E-state index contributed by atoms with van der Waals surface area (Å²) in [6, 6.07) is 9.48. The molecule has 1 N–H and O–H groups in total. The Balaban J connectivity index is 2.27. The Morgan fingerprint density at radius 3 is 1.86 bits per heavy atom. The van der Waals surface area contributed by atoms with Crippen molar-refractivity contribution in [2.24, 2.45) is 0 Å². The molecule has 1 aromatic rings. The molecule has 0 bridgehead atoms. The Labute approximate surface area is 220 Å². The smallest absolute Gasteiger partial charge is 0.328 e. The molecule has 6 nitrogen and oxygen atoms in total. The largest absolute Gasteiger partial charge is 0.461 e. The van der Waals surface area contributed by atoms with Crippen molar-refractivity contribution in [3.8, 4) is 0 Å². The van der Waals surface area contributed by atoms with Crippen molar-refractivity contribution in [1.29, 1.82) is 0 Å². The van der Waals surface area contributed by atoms with Crippen LogP contribution in [-0.4, -0.2) is 55.3 Å². The highest BCUT2D eigenvalue weighted by Crippen LogP contribution is 2.45. The summed E-state index contributed by atoms with van der Waals surface area (Å²) >= 11 is 0. The third kappa shape index (κ3) is 19.0. The Kier molecular flexibility index (Phi) is 17.3. The summed E-state index contributed by atoms with van der Waals surface area (Å²) in [5, 5.41) is 0. The molecule has 0 saturated heterocycles. The first-order valence-corrected chi connectivity index (χ1v) is 15.9. The van der Waals surface area contributed by atoms with Gasteiger partial charge in [-0.3, -0.25) is 13.9 Å². The standard InChI is InChI=1S/C29H52NO5P/c1-5-6-7-8-9-10-11-12-13-14-15-16-20-23-36(32,33)35-28(25-30(2,3)4)24-29(31)34-26-27-21-18-17-19-22-27/h17-19,21-22,28H,5-16,20,23-26H2,1-4H3/p+1/t28-/m0/s1. The number of carbonyl (C=O) groups excluding carboxylic acids is 1. The Bertz CT molecular complexity index is 735. The molecular formula is C29H53NO5P+. The number of unbranched alkanes of at least 4 members (excludes halogenated alkanes) is 12. The highest BCUT2D eigenvalue weighted by Gasteiger charge is 2.30. The fraction of sp³-hybridized carbons (Fsp3) is 0.759. The van der Waals surface area contributed by atoms with E-state index in [-0.39, 0.29) is 19.2 Å². The maximum atomic E-state index is 12.7. The maximum Gasteiger partial charge on any atom is 0.328 e. The third-order valence-electron chi connectivity index (χ3n) is 6.25. The first kappa shape index (κ1) is 32.8. The van der Waals surface area contributed by atoms with Crippen LogP contribution in [0.15, 0.2) is 30.3 Å². The number of nitrogens with zero attached hydrogens (tertiary/aromatic N) is 1. The van der Waals surface area contributed by atoms with E-state index in [1.807, 2.05) is 51.5 Å². The van der Waals surface area contributed by atoms with Gasteiger partial charge in [0.25, 0.3) is 0 Å². The highest BCUT2D eigenvalue weighted by atomic mass is 31.2. The molecule has 36 heavy (non-hydrogen) atoms. The van der Waals surface area contributed by atoms with Crippen LogP contribution < -0.4 is 0 Å². The van der Waals surface area contributed by atoms with Gasteiger partial charge in [-0.2, -0.15) is 0 Å². The van der Waals surface area contributed by atoms with Gasteiger partial charge in [-0.25, -0.2) is 0 Å². The first-order chi connectivity index (χ1) is 17.1. The summed E-state index contributed by atoms with van der Waals surface area (Å²) in [6.45, 7) is 2.89. The molecule has 2 atom stereocenters. The van der Waals surface area contributed by atoms with Crippen molar-refractivity contribution < 1.29 is 28.0 Å². The third-order valence-corrected chi connectivity index (χ3v) is 7.76. The van der Waals surface area contributed by atoms with E-state index >= 15 is 0 Å². The van der Waals surface area contributed by atoms with E-state index in [2.05, 4.69) is 6.92 Å². The summed E-state index contributed by atoms with van der Waals surface area (Å²) in [6.07, 6.45) is 15.3. The second-order valence-corrected chi connectivity index (χ2v) is 13.1. The van der Waals surface area contributed by atoms with Crippen LogP contribution in [0.1, 0.15) is 102 Å². The minimum atomic E-state index is -3.77. The van der Waals surface area contributed by atoms with Crippen molar-refractivity contribution in [3.05, 3.63) is 35.9 Å². The van der Waals surface area contributed by atoms with Crippen LogP contribution in [-0.2, 0) is 25.2 Å². The number of likely N-dealkylation sites (N-methyl/N-ethyl adjacent to an activating group) is 1. The fourth-order valence-corrected chi connectivity index (χ4v) is 5.68. The van der Waals surface area contributed by atoms with Crippen molar-refractivity contribution in [3.63, 3.8) is 0 Å². The van der Waals surface area contributed by atoms with Gasteiger partial charge in [0.1, 0.15) is 19.3 Å². The van der Waals surface area contributed by atoms with Gasteiger partial charge < -0.3 is 14.1 Å². The number of benzene rings is 1. The minimum Gasteiger partial charge on any atom is -0.461 e. The minimum absolute atomic E-state index is 0.0362. The lowest BCUT2D eigenvalue weighted by atomic mass is 10.1. The number of rotatable bonds is 22. The van der Waals surface area contributed by atoms with Crippen LogP contribution in [0.25, 0.3) is 0 Å². The lowest BCUT2D eigenvalue weighted by Gasteiger charge is -2.29. The summed E-state index contributed by atoms with van der Waals surface area (Å²) in [5.41, 5.74) is 0.908. The molecule has 0 aromatic heterocycles. The van der Waals surface area contributed by atoms with E-state index in [9.17, 15) is 14.3 Å². The SMILES string of the molecule is CCCCCCCCCCCCCCCP(=O)(O)O[C@@H](CC(=O)OCc1ccccc1)C[N+](C)(C)C. The molecule has 0 amide bonds. The molecule has 0 aliphatic carbocycles. The molecule has 0 aliphatic rings. The molecule has 0 fully saturated rings. The number of ether oxygens (including phenoxy) is 1. The number of hydrogen-bond acceptors (Lipinski definition) is 4. The Morgan fingerprint density at radius 2 is 1.36 bits per heavy atom. The molecule has 0 aliphatic heterocycles. The maximum absolute atomic E-state index is 12.7. The molecule has 0 radical (unpaired) electrons. The first-order valence-electron chi connectivity index (χ1n) is 14.1. The predicted octanol–water partition coefficient (Wildman–Crippen LogP) is 7.49. The van der Waals surface area contributed by atoms with Crippen molar-refractivity contribution in [2.75, 3.05) is 33.8 Å². The fourth-order valence-electron chi connectivity index (χ4n) is 4.34. The molecule has 1 rings (SSSR count). The predicted molar refractivity (Wildman–Crippen MR) is 149 cm³/mol. The summed E-state index contributed by atoms with van der Waals surface area (Å²) in [5.74, 6) is -0.418. The Morgan fingerprint density at radius 1 is 0.861 bits per heavy atom. The van der Waals surface area contributed by atoms with Gasteiger partial charge in [0.15, 0.2) is 0 Å². The van der Waals surface area contributed by atoms with E-state index in [1.165, 1.54) is 64.2 Å². The second kappa shape index (κ2) is 19.0. The zero-order valence-electron chi connectivity index (χ0n) is 23.5.